The highest BCUT2D eigenvalue weighted by molar-refractivity contribution is 5.88. The fourth-order valence-corrected chi connectivity index (χ4v) is 3.81. The number of carbonyl (C=O) groups is 1. The van der Waals surface area contributed by atoms with E-state index in [1.807, 2.05) is 42.6 Å². The number of aliphatic hydroxyl groups excluding tert-OH is 1. The Balaban J connectivity index is 1.44. The lowest BCUT2D eigenvalue weighted by Crippen LogP contribution is -2.54. The van der Waals surface area contributed by atoms with Crippen molar-refractivity contribution in [3.05, 3.63) is 48.9 Å². The fraction of sp³-hybridized carbons (Fsp3) is 0.381. The zero-order valence-corrected chi connectivity index (χ0v) is 16.4. The molecule has 0 aliphatic carbocycles. The van der Waals surface area contributed by atoms with E-state index in [-0.39, 0.29) is 11.9 Å². The van der Waals surface area contributed by atoms with Gasteiger partial charge in [-0.25, -0.2) is 9.97 Å². The Morgan fingerprint density at radius 1 is 1.28 bits per heavy atom. The number of amides is 1. The number of aromatic amines is 1. The van der Waals surface area contributed by atoms with Gasteiger partial charge in [0.15, 0.2) is 0 Å². The van der Waals surface area contributed by atoms with Gasteiger partial charge in [0.25, 0.3) is 0 Å². The van der Waals surface area contributed by atoms with E-state index in [1.165, 1.54) is 0 Å². The first-order valence-electron chi connectivity index (χ1n) is 9.95. The van der Waals surface area contributed by atoms with Crippen LogP contribution in [0.15, 0.2) is 48.9 Å². The highest BCUT2D eigenvalue weighted by Crippen LogP contribution is 2.25. The van der Waals surface area contributed by atoms with Crippen molar-refractivity contribution in [2.75, 3.05) is 23.3 Å². The number of anilines is 2. The molecule has 8 nitrogen and oxygen atoms in total. The van der Waals surface area contributed by atoms with Crippen LogP contribution < -0.4 is 15.5 Å². The Kier molecular flexibility index (Phi) is 5.62. The summed E-state index contributed by atoms with van der Waals surface area (Å²) in [6.07, 6.45) is 4.43. The largest absolute Gasteiger partial charge is 0.391 e. The van der Waals surface area contributed by atoms with Crippen LogP contribution in [0.5, 0.6) is 0 Å². The van der Waals surface area contributed by atoms with Crippen molar-refractivity contribution in [3.63, 3.8) is 0 Å². The number of aromatic nitrogens is 3. The van der Waals surface area contributed by atoms with E-state index in [2.05, 4.69) is 30.5 Å². The highest BCUT2D eigenvalue weighted by atomic mass is 16.3. The van der Waals surface area contributed by atoms with Gasteiger partial charge in [-0.05, 0) is 38.0 Å². The zero-order valence-electron chi connectivity index (χ0n) is 16.4. The molecular formula is C21H26N6O2. The van der Waals surface area contributed by atoms with Gasteiger partial charge in [0, 0.05) is 31.0 Å². The normalized spacial score (nSPS) is 19.0. The van der Waals surface area contributed by atoms with Crippen molar-refractivity contribution >= 4 is 28.4 Å². The lowest BCUT2D eigenvalue weighted by molar-refractivity contribution is -0.124. The quantitative estimate of drug-likeness (QED) is 0.509. The summed E-state index contributed by atoms with van der Waals surface area (Å²) in [6.45, 7) is 3.17. The average Bonchev–Trinajstić information content (AvgIpc) is 3.21. The van der Waals surface area contributed by atoms with Crippen LogP contribution in [-0.2, 0) is 4.79 Å². The fourth-order valence-electron chi connectivity index (χ4n) is 3.81. The van der Waals surface area contributed by atoms with Gasteiger partial charge in [0.2, 0.25) is 5.91 Å². The Labute approximate surface area is 169 Å². The summed E-state index contributed by atoms with van der Waals surface area (Å²) in [6, 6.07) is 10.7. The number of rotatable bonds is 6. The predicted octanol–water partition coefficient (Wildman–Crippen LogP) is 1.90. The topological polar surface area (TPSA) is 106 Å². The van der Waals surface area contributed by atoms with Crippen LogP contribution in [0.1, 0.15) is 19.8 Å². The van der Waals surface area contributed by atoms with E-state index in [1.54, 1.807) is 13.3 Å². The Bertz CT molecular complexity index is 958. The number of aliphatic hydroxyl groups is 1. The second-order valence-corrected chi connectivity index (χ2v) is 7.46. The first-order valence-corrected chi connectivity index (χ1v) is 9.95. The summed E-state index contributed by atoms with van der Waals surface area (Å²) in [4.78, 5) is 26.9. The molecule has 0 spiro atoms. The number of benzene rings is 1. The maximum Gasteiger partial charge on any atom is 0.245 e. The van der Waals surface area contributed by atoms with E-state index in [0.717, 1.165) is 41.9 Å². The summed E-state index contributed by atoms with van der Waals surface area (Å²) in [5, 5.41) is 17.4. The molecule has 1 unspecified atom stereocenters. The number of nitrogens with one attached hydrogen (secondary N) is 3. The van der Waals surface area contributed by atoms with Gasteiger partial charge in [-0.2, -0.15) is 0 Å². The Morgan fingerprint density at radius 3 is 2.90 bits per heavy atom. The van der Waals surface area contributed by atoms with Crippen LogP contribution in [0.2, 0.25) is 0 Å². The van der Waals surface area contributed by atoms with E-state index < -0.39 is 12.1 Å². The Morgan fingerprint density at radius 2 is 2.10 bits per heavy atom. The smallest absolute Gasteiger partial charge is 0.245 e. The lowest BCUT2D eigenvalue weighted by atomic mass is 10.0. The number of hydrogen-bond donors (Lipinski definition) is 4. The van der Waals surface area contributed by atoms with Gasteiger partial charge in [0.05, 0.1) is 11.5 Å². The molecule has 0 saturated carbocycles. The molecule has 2 aromatic heterocycles. The number of nitrogens with zero attached hydrogens (tertiary/aromatic N) is 3. The summed E-state index contributed by atoms with van der Waals surface area (Å²) in [7, 11) is 0. The van der Waals surface area contributed by atoms with Crippen LogP contribution >= 0.6 is 0 Å². The number of para-hydroxylation sites is 1. The molecule has 1 fully saturated rings. The van der Waals surface area contributed by atoms with Gasteiger partial charge >= 0.3 is 0 Å². The van der Waals surface area contributed by atoms with Crippen molar-refractivity contribution < 1.29 is 9.90 Å². The molecular weight excluding hydrogens is 368 g/mol. The number of carbonyl (C=O) groups excluding carboxylic acids is 1. The minimum Gasteiger partial charge on any atom is -0.391 e. The number of H-pyrrole nitrogens is 1. The molecule has 3 aromatic rings. The maximum absolute atomic E-state index is 12.9. The third-order valence-corrected chi connectivity index (χ3v) is 5.26. The molecule has 3 heterocycles. The van der Waals surface area contributed by atoms with Crippen molar-refractivity contribution in [1.82, 2.24) is 20.3 Å². The molecule has 1 aromatic carbocycles. The Hall–Kier alpha value is -3.13. The van der Waals surface area contributed by atoms with E-state index in [4.69, 9.17) is 0 Å². The van der Waals surface area contributed by atoms with Crippen LogP contribution in [0.4, 0.5) is 11.5 Å². The van der Waals surface area contributed by atoms with Gasteiger partial charge in [0.1, 0.15) is 23.8 Å². The van der Waals surface area contributed by atoms with Crippen molar-refractivity contribution in [1.29, 1.82) is 0 Å². The van der Waals surface area contributed by atoms with Crippen molar-refractivity contribution in [2.45, 2.75) is 38.0 Å². The lowest BCUT2D eigenvalue weighted by Gasteiger charge is -2.35. The molecule has 1 saturated heterocycles. The third-order valence-electron chi connectivity index (χ3n) is 5.26. The zero-order chi connectivity index (χ0) is 20.2. The molecule has 1 amide bonds. The number of hydrogen-bond acceptors (Lipinski definition) is 6. The first kappa shape index (κ1) is 19.2. The van der Waals surface area contributed by atoms with Crippen LogP contribution in [0, 0.1) is 0 Å². The second kappa shape index (κ2) is 8.48. The van der Waals surface area contributed by atoms with E-state index >= 15 is 0 Å². The standard InChI is InChI=1S/C21H26N6O2/c1-14(28)18(25-15-6-3-2-4-7-15)21(29)26-16-8-5-11-27(12-16)20-17-9-10-22-19(17)23-13-24-20/h2-4,6-7,9-10,13-14,16,18,25,28H,5,8,11-12H2,1H3,(H,26,29)(H,22,23,24)/t14-,16?,18+/m0/s1. The third kappa shape index (κ3) is 4.32. The van der Waals surface area contributed by atoms with Gasteiger partial charge in [-0.15, -0.1) is 0 Å². The van der Waals surface area contributed by atoms with Crippen molar-refractivity contribution in [3.8, 4) is 0 Å². The minimum absolute atomic E-state index is 0.0148. The number of fused-ring (bicyclic) bond motifs is 1. The molecule has 8 heteroatoms. The van der Waals surface area contributed by atoms with Gasteiger partial charge in [-0.3, -0.25) is 4.79 Å². The minimum atomic E-state index is -0.823. The number of piperidine rings is 1. The molecule has 29 heavy (non-hydrogen) atoms. The van der Waals surface area contributed by atoms with E-state index in [0.29, 0.717) is 6.54 Å². The average molecular weight is 394 g/mol. The highest BCUT2D eigenvalue weighted by Gasteiger charge is 2.29. The molecule has 1 aliphatic heterocycles. The molecule has 0 bridgehead atoms. The van der Waals surface area contributed by atoms with Crippen LogP contribution in [0.3, 0.4) is 0 Å². The monoisotopic (exact) mass is 394 g/mol. The summed E-state index contributed by atoms with van der Waals surface area (Å²) >= 11 is 0. The van der Waals surface area contributed by atoms with Gasteiger partial charge < -0.3 is 25.6 Å². The molecule has 1 aliphatic rings. The summed E-state index contributed by atoms with van der Waals surface area (Å²) in [5.74, 6) is 0.676. The van der Waals surface area contributed by atoms with Crippen LogP contribution in [0.25, 0.3) is 11.0 Å². The second-order valence-electron chi connectivity index (χ2n) is 7.46. The van der Waals surface area contributed by atoms with Crippen LogP contribution in [-0.4, -0.2) is 57.2 Å². The molecule has 0 radical (unpaired) electrons. The maximum atomic E-state index is 12.9. The molecule has 4 rings (SSSR count). The van der Waals surface area contributed by atoms with E-state index in [9.17, 15) is 9.90 Å². The summed E-state index contributed by atoms with van der Waals surface area (Å²) < 4.78 is 0. The van der Waals surface area contributed by atoms with Gasteiger partial charge in [-0.1, -0.05) is 18.2 Å². The molecule has 3 atom stereocenters. The SMILES string of the molecule is C[C@H](O)[C@@H](Nc1ccccc1)C(=O)NC1CCCN(c2ncnc3[nH]ccc23)C1. The molecule has 4 N–H and O–H groups in total. The summed E-state index contributed by atoms with van der Waals surface area (Å²) in [5.41, 5.74) is 1.61. The predicted molar refractivity (Wildman–Crippen MR) is 113 cm³/mol. The van der Waals surface area contributed by atoms with Crippen molar-refractivity contribution in [2.24, 2.45) is 0 Å². The first-order chi connectivity index (χ1) is 14.1. The molecule has 152 valence electrons.